The van der Waals surface area contributed by atoms with Crippen molar-refractivity contribution in [3.05, 3.63) is 75.5 Å². The van der Waals surface area contributed by atoms with Crippen LogP contribution in [0.5, 0.6) is 0 Å². The molecular weight excluding hydrogens is 314 g/mol. The molecule has 0 saturated heterocycles. The van der Waals surface area contributed by atoms with Crippen molar-refractivity contribution in [2.75, 3.05) is 13.1 Å². The Morgan fingerprint density at radius 2 is 1.96 bits per heavy atom. The van der Waals surface area contributed by atoms with E-state index in [1.807, 2.05) is 12.1 Å². The molecule has 0 saturated carbocycles. The van der Waals surface area contributed by atoms with E-state index in [-0.39, 0.29) is 10.6 Å². The second-order valence-electron chi connectivity index (χ2n) is 6.70. The summed E-state index contributed by atoms with van der Waals surface area (Å²) in [5, 5.41) is 12.1. The van der Waals surface area contributed by atoms with Crippen molar-refractivity contribution in [1.82, 2.24) is 9.88 Å². The summed E-state index contributed by atoms with van der Waals surface area (Å²) in [4.78, 5) is 16.5. The lowest BCUT2D eigenvalue weighted by molar-refractivity contribution is -0.384. The van der Waals surface area contributed by atoms with Gasteiger partial charge in [-0.15, -0.1) is 0 Å². The molecule has 4 rings (SSSR count). The van der Waals surface area contributed by atoms with Gasteiger partial charge in [-0.1, -0.05) is 30.3 Å². The van der Waals surface area contributed by atoms with Gasteiger partial charge in [0.1, 0.15) is 0 Å². The van der Waals surface area contributed by atoms with Crippen LogP contribution in [-0.4, -0.2) is 27.9 Å². The monoisotopic (exact) mass is 335 g/mol. The number of non-ortho nitro benzene ring substituents is 1. The van der Waals surface area contributed by atoms with E-state index in [1.165, 1.54) is 22.2 Å². The zero-order valence-corrected chi connectivity index (χ0v) is 14.2. The fourth-order valence-electron chi connectivity index (χ4n) is 3.84. The van der Waals surface area contributed by atoms with Crippen LogP contribution in [0.25, 0.3) is 10.9 Å². The van der Waals surface area contributed by atoms with E-state index in [0.29, 0.717) is 6.04 Å². The number of nitro groups is 1. The van der Waals surface area contributed by atoms with Crippen LogP contribution >= 0.6 is 0 Å². The molecular formula is C20H21N3O2. The van der Waals surface area contributed by atoms with Crippen LogP contribution in [0.3, 0.4) is 0 Å². The summed E-state index contributed by atoms with van der Waals surface area (Å²) in [5.41, 5.74) is 5.29. The Balaban J connectivity index is 1.48. The molecule has 5 heteroatoms. The van der Waals surface area contributed by atoms with E-state index in [1.54, 1.807) is 12.1 Å². The predicted molar refractivity (Wildman–Crippen MR) is 98.8 cm³/mol. The van der Waals surface area contributed by atoms with Crippen LogP contribution in [0.4, 0.5) is 5.69 Å². The van der Waals surface area contributed by atoms with E-state index >= 15 is 0 Å². The standard InChI is InChI=1S/C20H21N3O2/c1-14-20-18(17-4-2-3-5-19(17)21-20)11-13-22(14)12-10-15-6-8-16(9-7-15)23(24)25/h2-9,14,21H,10-13H2,1H3/t14-/m0/s1. The molecule has 0 aliphatic carbocycles. The van der Waals surface area contributed by atoms with Crippen molar-refractivity contribution in [3.8, 4) is 0 Å². The van der Waals surface area contributed by atoms with Crippen molar-refractivity contribution < 1.29 is 4.92 Å². The average molecular weight is 335 g/mol. The van der Waals surface area contributed by atoms with E-state index in [9.17, 15) is 10.1 Å². The van der Waals surface area contributed by atoms with Gasteiger partial charge in [-0.3, -0.25) is 15.0 Å². The lowest BCUT2D eigenvalue weighted by atomic mass is 9.97. The summed E-state index contributed by atoms with van der Waals surface area (Å²) in [6.07, 6.45) is 1.96. The van der Waals surface area contributed by atoms with Crippen molar-refractivity contribution in [2.45, 2.75) is 25.8 Å². The van der Waals surface area contributed by atoms with Gasteiger partial charge in [0.15, 0.2) is 0 Å². The van der Waals surface area contributed by atoms with E-state index < -0.39 is 0 Å². The van der Waals surface area contributed by atoms with Crippen LogP contribution in [0.1, 0.15) is 29.8 Å². The number of rotatable bonds is 4. The lowest BCUT2D eigenvalue weighted by Crippen LogP contribution is -2.35. The predicted octanol–water partition coefficient (Wildman–Crippen LogP) is 4.24. The molecule has 0 fully saturated rings. The fraction of sp³-hybridized carbons (Fsp3) is 0.300. The van der Waals surface area contributed by atoms with Gasteiger partial charge >= 0.3 is 0 Å². The summed E-state index contributed by atoms with van der Waals surface area (Å²) in [7, 11) is 0. The van der Waals surface area contributed by atoms with Crippen LogP contribution in [0.15, 0.2) is 48.5 Å². The summed E-state index contributed by atoms with van der Waals surface area (Å²) in [5.74, 6) is 0. The maximum atomic E-state index is 10.7. The molecule has 0 radical (unpaired) electrons. The van der Waals surface area contributed by atoms with Gasteiger partial charge in [-0.25, -0.2) is 0 Å². The second-order valence-corrected chi connectivity index (χ2v) is 6.70. The molecule has 2 heterocycles. The number of nitrogens with one attached hydrogen (secondary N) is 1. The van der Waals surface area contributed by atoms with Crippen LogP contribution < -0.4 is 0 Å². The van der Waals surface area contributed by atoms with Crippen LogP contribution in [-0.2, 0) is 12.8 Å². The molecule has 3 aromatic rings. The first-order valence-electron chi connectivity index (χ1n) is 8.70. The van der Waals surface area contributed by atoms with Crippen LogP contribution in [0, 0.1) is 10.1 Å². The quantitative estimate of drug-likeness (QED) is 0.573. The number of benzene rings is 2. The van der Waals surface area contributed by atoms with Gasteiger partial charge in [-0.05, 0) is 37.0 Å². The molecule has 128 valence electrons. The first kappa shape index (κ1) is 15.8. The smallest absolute Gasteiger partial charge is 0.269 e. The van der Waals surface area contributed by atoms with Gasteiger partial charge in [0.05, 0.1) is 4.92 Å². The fourth-order valence-corrected chi connectivity index (χ4v) is 3.84. The molecule has 1 aliphatic rings. The summed E-state index contributed by atoms with van der Waals surface area (Å²) in [6, 6.07) is 15.8. The van der Waals surface area contributed by atoms with Gasteiger partial charge in [0.25, 0.3) is 5.69 Å². The summed E-state index contributed by atoms with van der Waals surface area (Å²) < 4.78 is 0. The third kappa shape index (κ3) is 2.91. The van der Waals surface area contributed by atoms with Gasteiger partial charge < -0.3 is 4.98 Å². The van der Waals surface area contributed by atoms with Gasteiger partial charge in [0, 0.05) is 47.9 Å². The molecule has 0 bridgehead atoms. The largest absolute Gasteiger partial charge is 0.357 e. The third-order valence-corrected chi connectivity index (χ3v) is 5.30. The minimum Gasteiger partial charge on any atom is -0.357 e. The zero-order chi connectivity index (χ0) is 17.4. The number of hydrogen-bond acceptors (Lipinski definition) is 3. The maximum absolute atomic E-state index is 10.7. The van der Waals surface area contributed by atoms with E-state index in [2.05, 4.69) is 41.1 Å². The Labute approximate surface area is 146 Å². The Hall–Kier alpha value is -2.66. The molecule has 25 heavy (non-hydrogen) atoms. The Kier molecular flexibility index (Phi) is 4.01. The molecule has 5 nitrogen and oxygen atoms in total. The topological polar surface area (TPSA) is 62.2 Å². The first-order valence-corrected chi connectivity index (χ1v) is 8.70. The van der Waals surface area contributed by atoms with Crippen LogP contribution in [0.2, 0.25) is 0 Å². The SMILES string of the molecule is C[C@H]1c2[nH]c3ccccc3c2CCN1CCc1ccc([N+](=O)[O-])cc1. The zero-order valence-electron chi connectivity index (χ0n) is 14.2. The minimum absolute atomic E-state index is 0.151. The van der Waals surface area contributed by atoms with E-state index in [0.717, 1.165) is 31.5 Å². The molecule has 1 aromatic heterocycles. The second kappa shape index (κ2) is 6.33. The minimum atomic E-state index is -0.353. The first-order chi connectivity index (χ1) is 12.1. The number of hydrogen-bond donors (Lipinski definition) is 1. The molecule has 1 aliphatic heterocycles. The molecule has 0 spiro atoms. The van der Waals surface area contributed by atoms with Crippen molar-refractivity contribution in [3.63, 3.8) is 0 Å². The van der Waals surface area contributed by atoms with Crippen molar-refractivity contribution in [2.24, 2.45) is 0 Å². The highest BCUT2D eigenvalue weighted by Crippen LogP contribution is 2.34. The van der Waals surface area contributed by atoms with Crippen molar-refractivity contribution >= 4 is 16.6 Å². The number of aromatic nitrogens is 1. The number of nitro benzene ring substituents is 1. The molecule has 0 unspecified atom stereocenters. The summed E-state index contributed by atoms with van der Waals surface area (Å²) >= 11 is 0. The van der Waals surface area contributed by atoms with E-state index in [4.69, 9.17) is 0 Å². The number of nitrogens with zero attached hydrogens (tertiary/aromatic N) is 2. The number of fused-ring (bicyclic) bond motifs is 3. The highest BCUT2D eigenvalue weighted by molar-refractivity contribution is 5.85. The number of para-hydroxylation sites is 1. The summed E-state index contributed by atoms with van der Waals surface area (Å²) in [6.45, 7) is 4.25. The highest BCUT2D eigenvalue weighted by Gasteiger charge is 2.26. The third-order valence-electron chi connectivity index (χ3n) is 5.30. The Morgan fingerprint density at radius 1 is 1.20 bits per heavy atom. The highest BCUT2D eigenvalue weighted by atomic mass is 16.6. The van der Waals surface area contributed by atoms with Gasteiger partial charge in [-0.2, -0.15) is 0 Å². The molecule has 0 amide bonds. The number of H-pyrrole nitrogens is 1. The Bertz CT molecular complexity index is 914. The molecule has 1 atom stereocenters. The Morgan fingerprint density at radius 3 is 2.72 bits per heavy atom. The normalized spacial score (nSPS) is 17.6. The van der Waals surface area contributed by atoms with Crippen molar-refractivity contribution in [1.29, 1.82) is 0 Å². The molecule has 1 N–H and O–H groups in total. The molecule has 2 aromatic carbocycles. The average Bonchev–Trinajstić information content (AvgIpc) is 3.01. The van der Waals surface area contributed by atoms with Gasteiger partial charge in [0.2, 0.25) is 0 Å². The number of aromatic amines is 1. The maximum Gasteiger partial charge on any atom is 0.269 e. The lowest BCUT2D eigenvalue weighted by Gasteiger charge is -2.33.